The van der Waals surface area contributed by atoms with Gasteiger partial charge in [0.25, 0.3) is 5.91 Å². The lowest BCUT2D eigenvalue weighted by atomic mass is 9.97. The van der Waals surface area contributed by atoms with E-state index in [1.807, 2.05) is 34.7 Å². The molecular weight excluding hydrogens is 404 g/mol. The maximum Gasteiger partial charge on any atom is 0.258 e. The Morgan fingerprint density at radius 1 is 1.16 bits per heavy atom. The molecule has 32 heavy (non-hydrogen) atoms. The number of phenols is 1. The molecule has 0 aliphatic carbocycles. The van der Waals surface area contributed by atoms with Crippen LogP contribution in [-0.2, 0) is 0 Å². The summed E-state index contributed by atoms with van der Waals surface area (Å²) in [5, 5.41) is 15.3. The first-order valence-corrected chi connectivity index (χ1v) is 11.4. The molecule has 8 heteroatoms. The van der Waals surface area contributed by atoms with Crippen LogP contribution in [0.1, 0.15) is 58.9 Å². The number of para-hydroxylation sites is 1. The number of nitrogens with two attached hydrogens (primary N) is 1. The Morgan fingerprint density at radius 2 is 2.00 bits per heavy atom. The van der Waals surface area contributed by atoms with E-state index < -0.39 is 0 Å². The second-order valence-corrected chi connectivity index (χ2v) is 9.10. The number of amides is 1. The molecule has 5 rings (SSSR count). The van der Waals surface area contributed by atoms with E-state index in [2.05, 4.69) is 4.90 Å². The van der Waals surface area contributed by atoms with Crippen molar-refractivity contribution < 1.29 is 9.90 Å². The number of anilines is 1. The van der Waals surface area contributed by atoms with Gasteiger partial charge in [0.15, 0.2) is 5.65 Å². The highest BCUT2D eigenvalue weighted by Crippen LogP contribution is 2.34. The molecule has 1 amide bonds. The van der Waals surface area contributed by atoms with Crippen LogP contribution in [0, 0.1) is 13.8 Å². The summed E-state index contributed by atoms with van der Waals surface area (Å²) < 4.78 is 1.81. The van der Waals surface area contributed by atoms with Crippen molar-refractivity contribution in [1.82, 2.24) is 19.5 Å². The lowest BCUT2D eigenvalue weighted by Gasteiger charge is -2.35. The highest BCUT2D eigenvalue weighted by Gasteiger charge is 2.32. The molecule has 4 heterocycles. The Kier molecular flexibility index (Phi) is 5.25. The van der Waals surface area contributed by atoms with E-state index in [9.17, 15) is 9.90 Å². The molecule has 0 bridgehead atoms. The average Bonchev–Trinajstić information content (AvgIpc) is 3.40. The van der Waals surface area contributed by atoms with E-state index >= 15 is 0 Å². The summed E-state index contributed by atoms with van der Waals surface area (Å²) in [7, 11) is 0. The van der Waals surface area contributed by atoms with Crippen molar-refractivity contribution in [3.05, 3.63) is 52.8 Å². The monoisotopic (exact) mass is 434 g/mol. The van der Waals surface area contributed by atoms with E-state index in [0.717, 1.165) is 61.5 Å². The molecule has 2 unspecified atom stereocenters. The summed E-state index contributed by atoms with van der Waals surface area (Å²) in [5.41, 5.74) is 9.82. The topological polar surface area (TPSA) is 100.0 Å². The zero-order valence-corrected chi connectivity index (χ0v) is 18.7. The number of aromatic nitrogens is 3. The van der Waals surface area contributed by atoms with E-state index in [-0.39, 0.29) is 23.7 Å². The number of rotatable bonds is 3. The van der Waals surface area contributed by atoms with Crippen LogP contribution in [0.2, 0.25) is 0 Å². The highest BCUT2D eigenvalue weighted by molar-refractivity contribution is 5.97. The van der Waals surface area contributed by atoms with Crippen molar-refractivity contribution in [3.63, 3.8) is 0 Å². The predicted molar refractivity (Wildman–Crippen MR) is 123 cm³/mol. The molecule has 168 valence electrons. The molecule has 2 saturated heterocycles. The fourth-order valence-electron chi connectivity index (χ4n) is 4.95. The quantitative estimate of drug-likeness (QED) is 0.657. The van der Waals surface area contributed by atoms with E-state index in [4.69, 9.17) is 15.8 Å². The van der Waals surface area contributed by atoms with Crippen molar-refractivity contribution in [1.29, 1.82) is 0 Å². The number of aromatic hydroxyl groups is 1. The van der Waals surface area contributed by atoms with Gasteiger partial charge in [-0.2, -0.15) is 5.10 Å². The van der Waals surface area contributed by atoms with E-state index in [1.54, 1.807) is 19.1 Å². The summed E-state index contributed by atoms with van der Waals surface area (Å²) in [4.78, 5) is 22.4. The fourth-order valence-corrected chi connectivity index (χ4v) is 4.95. The molecule has 0 saturated carbocycles. The predicted octanol–water partition coefficient (Wildman–Crippen LogP) is 2.96. The first-order valence-electron chi connectivity index (χ1n) is 11.4. The van der Waals surface area contributed by atoms with Crippen molar-refractivity contribution in [2.45, 2.75) is 51.6 Å². The van der Waals surface area contributed by atoms with Gasteiger partial charge in [-0.05, 0) is 51.2 Å². The van der Waals surface area contributed by atoms with Gasteiger partial charge in [-0.3, -0.25) is 4.79 Å². The number of likely N-dealkylation sites (tertiary alicyclic amines) is 1. The smallest absolute Gasteiger partial charge is 0.258 e. The minimum absolute atomic E-state index is 0.0579. The van der Waals surface area contributed by atoms with Crippen LogP contribution in [0.4, 0.5) is 5.82 Å². The molecule has 3 N–H and O–H groups in total. The van der Waals surface area contributed by atoms with Crippen molar-refractivity contribution in [2.75, 3.05) is 24.5 Å². The third kappa shape index (κ3) is 3.58. The Hall–Kier alpha value is -3.13. The van der Waals surface area contributed by atoms with Gasteiger partial charge in [0.1, 0.15) is 11.6 Å². The van der Waals surface area contributed by atoms with Gasteiger partial charge in [-0.1, -0.05) is 12.1 Å². The summed E-state index contributed by atoms with van der Waals surface area (Å²) in [6.07, 6.45) is 5.80. The van der Waals surface area contributed by atoms with Crippen molar-refractivity contribution in [2.24, 2.45) is 5.73 Å². The number of piperidine rings is 1. The number of nitrogens with zero attached hydrogens (tertiary/aromatic N) is 5. The number of phenolic OH excluding ortho intramolecular Hbond substituents is 1. The molecule has 1 aromatic carbocycles. The van der Waals surface area contributed by atoms with Crippen molar-refractivity contribution >= 4 is 17.4 Å². The SMILES string of the molecule is Cc1cn2nc(C3CCCCN3C(=O)c3cccc(C)c3O)cc2nc1N1CCC(N)C1. The van der Waals surface area contributed by atoms with E-state index in [1.165, 1.54) is 0 Å². The molecule has 8 nitrogen and oxygen atoms in total. The lowest BCUT2D eigenvalue weighted by molar-refractivity contribution is 0.0602. The first-order chi connectivity index (χ1) is 15.4. The Bertz CT molecular complexity index is 1170. The minimum atomic E-state index is -0.149. The van der Waals surface area contributed by atoms with Crippen molar-refractivity contribution in [3.8, 4) is 5.75 Å². The van der Waals surface area contributed by atoms with Gasteiger partial charge in [0, 0.05) is 43.5 Å². The van der Waals surface area contributed by atoms with Crippen LogP contribution < -0.4 is 10.6 Å². The minimum Gasteiger partial charge on any atom is -0.507 e. The largest absolute Gasteiger partial charge is 0.507 e. The Labute approximate surface area is 187 Å². The van der Waals surface area contributed by atoms with Crippen LogP contribution in [0.5, 0.6) is 5.75 Å². The standard InChI is InChI=1S/C24H30N6O2/c1-15-6-5-7-18(22(15)31)24(32)29-10-4-3-8-20(29)19-12-21-26-23(16(2)13-30(21)27-19)28-11-9-17(25)14-28/h5-7,12-13,17,20,31H,3-4,8-11,14,25H2,1-2H3. The van der Waals surface area contributed by atoms with E-state index in [0.29, 0.717) is 17.7 Å². The molecule has 0 spiro atoms. The molecule has 2 aliphatic rings. The maximum atomic E-state index is 13.4. The van der Waals surface area contributed by atoms with Gasteiger partial charge in [0.2, 0.25) is 0 Å². The second-order valence-electron chi connectivity index (χ2n) is 9.10. The van der Waals surface area contributed by atoms with Gasteiger partial charge in [-0.25, -0.2) is 9.50 Å². The first kappa shape index (κ1) is 20.8. The normalized spacial score (nSPS) is 21.5. The van der Waals surface area contributed by atoms with Gasteiger partial charge in [-0.15, -0.1) is 0 Å². The van der Waals surface area contributed by atoms with Crippen LogP contribution in [0.3, 0.4) is 0 Å². The Morgan fingerprint density at radius 3 is 2.78 bits per heavy atom. The van der Waals surface area contributed by atoms with Crippen LogP contribution in [-0.4, -0.2) is 56.2 Å². The second kappa shape index (κ2) is 8.09. The zero-order valence-electron chi connectivity index (χ0n) is 18.7. The number of hydrogen-bond donors (Lipinski definition) is 2. The molecule has 3 aromatic rings. The number of fused-ring (bicyclic) bond motifs is 1. The summed E-state index contributed by atoms with van der Waals surface area (Å²) in [6.45, 7) is 6.23. The van der Waals surface area contributed by atoms with Gasteiger partial charge < -0.3 is 20.6 Å². The van der Waals surface area contributed by atoms with Crippen LogP contribution in [0.25, 0.3) is 5.65 Å². The summed E-state index contributed by atoms with van der Waals surface area (Å²) in [5.74, 6) is 0.865. The van der Waals surface area contributed by atoms with Crippen LogP contribution >= 0.6 is 0 Å². The third-order valence-corrected chi connectivity index (χ3v) is 6.72. The zero-order chi connectivity index (χ0) is 22.4. The maximum absolute atomic E-state index is 13.4. The van der Waals surface area contributed by atoms with Crippen LogP contribution in [0.15, 0.2) is 30.5 Å². The molecule has 2 fully saturated rings. The number of hydrogen-bond acceptors (Lipinski definition) is 6. The number of carbonyl (C=O) groups is 1. The number of carbonyl (C=O) groups excluding carboxylic acids is 1. The lowest BCUT2D eigenvalue weighted by Crippen LogP contribution is -2.38. The van der Waals surface area contributed by atoms with Gasteiger partial charge >= 0.3 is 0 Å². The average molecular weight is 435 g/mol. The number of aryl methyl sites for hydroxylation is 2. The van der Waals surface area contributed by atoms with Gasteiger partial charge in [0.05, 0.1) is 17.3 Å². The molecule has 2 atom stereocenters. The fraction of sp³-hybridized carbons (Fsp3) is 0.458. The molecule has 2 aromatic heterocycles. The molecule has 0 radical (unpaired) electrons. The molecular formula is C24H30N6O2. The third-order valence-electron chi connectivity index (χ3n) is 6.72. The Balaban J connectivity index is 1.48. The molecule has 2 aliphatic heterocycles. The summed E-state index contributed by atoms with van der Waals surface area (Å²) >= 11 is 0. The number of benzene rings is 1. The summed E-state index contributed by atoms with van der Waals surface area (Å²) in [6, 6.07) is 7.35. The highest BCUT2D eigenvalue weighted by atomic mass is 16.3.